The highest BCUT2D eigenvalue weighted by Crippen LogP contribution is 2.53. The van der Waals surface area contributed by atoms with Crippen molar-refractivity contribution in [3.63, 3.8) is 0 Å². The first-order chi connectivity index (χ1) is 17.9. The van der Waals surface area contributed by atoms with Crippen LogP contribution in [-0.4, -0.2) is 13.3 Å². The Balaban J connectivity index is 1.43. The third-order valence-corrected chi connectivity index (χ3v) is 9.85. The van der Waals surface area contributed by atoms with Crippen LogP contribution < -0.4 is 0 Å². The van der Waals surface area contributed by atoms with Crippen molar-refractivity contribution in [2.45, 2.75) is 19.6 Å². The average Bonchev–Trinajstić information content (AvgIpc) is 3.10. The van der Waals surface area contributed by atoms with E-state index in [1.807, 2.05) is 0 Å². The molecule has 0 bridgehead atoms. The fraction of sp³-hybridized carbons (Fsp3) is 0. The van der Waals surface area contributed by atoms with E-state index in [4.69, 9.17) is 9.05 Å². The van der Waals surface area contributed by atoms with Gasteiger partial charge in [-0.3, -0.25) is 4.89 Å². The first kappa shape index (κ1) is 23.8. The lowest BCUT2D eigenvalue weighted by atomic mass is 10.1. The lowest BCUT2D eigenvalue weighted by Crippen LogP contribution is -2.00. The number of benzene rings is 4. The molecule has 37 heavy (non-hydrogen) atoms. The van der Waals surface area contributed by atoms with Crippen LogP contribution in [0.5, 0.6) is 0 Å². The number of fused-ring (bicyclic) bond motifs is 4. The van der Waals surface area contributed by atoms with Crippen LogP contribution in [0.2, 0.25) is 0 Å². The van der Waals surface area contributed by atoms with Gasteiger partial charge < -0.3 is 9.05 Å². The third kappa shape index (κ3) is 4.43. The summed E-state index contributed by atoms with van der Waals surface area (Å²) in [6, 6.07) is 27.9. The van der Waals surface area contributed by atoms with Crippen molar-refractivity contribution in [3.05, 3.63) is 119 Å². The van der Waals surface area contributed by atoms with E-state index >= 15 is 0 Å². The second-order valence-electron chi connectivity index (χ2n) is 8.27. The van der Waals surface area contributed by atoms with Crippen LogP contribution in [0.4, 0.5) is 0 Å². The zero-order chi connectivity index (χ0) is 25.6. The van der Waals surface area contributed by atoms with Gasteiger partial charge in [-0.1, -0.05) is 72.8 Å². The molecule has 0 aliphatic carbocycles. The Labute approximate surface area is 218 Å². The van der Waals surface area contributed by atoms with Gasteiger partial charge in [0.2, 0.25) is 0 Å². The first-order valence-corrected chi connectivity index (χ1v) is 15.1. The quantitative estimate of drug-likeness (QED) is 0.295. The second-order valence-corrected chi connectivity index (χ2v) is 12.4. The normalized spacial score (nSPS) is 19.3. The van der Waals surface area contributed by atoms with Gasteiger partial charge >= 0.3 is 7.82 Å². The molecule has 0 radical (unpaired) electrons. The highest BCUT2D eigenvalue weighted by atomic mass is 32.2. The second kappa shape index (κ2) is 9.39. The van der Waals surface area contributed by atoms with Gasteiger partial charge in [-0.15, -0.1) is 0 Å². The monoisotopic (exact) mass is 546 g/mol. The van der Waals surface area contributed by atoms with Crippen LogP contribution in [0, 0.1) is 0 Å². The largest absolute Gasteiger partial charge is 0.584 e. The minimum atomic E-state index is -4.78. The Hall–Kier alpha value is -3.55. The first-order valence-electron chi connectivity index (χ1n) is 11.3. The number of phosphoric acid groups is 1. The van der Waals surface area contributed by atoms with Crippen LogP contribution in [-0.2, 0) is 35.2 Å². The van der Waals surface area contributed by atoms with Crippen molar-refractivity contribution in [2.75, 3.05) is 0 Å². The van der Waals surface area contributed by atoms with Crippen LogP contribution >= 0.6 is 7.82 Å². The number of hydrogen-bond acceptors (Lipinski definition) is 5. The Morgan fingerprint density at radius 3 is 1.32 bits per heavy atom. The predicted octanol–water partition coefficient (Wildman–Crippen LogP) is 6.48. The molecule has 184 valence electrons. The van der Waals surface area contributed by atoms with Crippen molar-refractivity contribution < 1.29 is 26.9 Å². The Morgan fingerprint density at radius 1 is 0.541 bits per heavy atom. The van der Waals surface area contributed by atoms with Crippen LogP contribution in [0.3, 0.4) is 0 Å². The summed E-state index contributed by atoms with van der Waals surface area (Å²) in [6.07, 6.45) is 3.18. The maximum Gasteiger partial charge on any atom is 0.584 e. The van der Waals surface area contributed by atoms with Gasteiger partial charge in [0.05, 0.1) is 41.2 Å². The summed E-state index contributed by atoms with van der Waals surface area (Å²) >= 11 is 0. The fourth-order valence-electron chi connectivity index (χ4n) is 4.29. The molecule has 6 rings (SSSR count). The van der Waals surface area contributed by atoms with Gasteiger partial charge in [-0.25, -0.2) is 13.0 Å². The van der Waals surface area contributed by atoms with Gasteiger partial charge in [0, 0.05) is 11.1 Å². The minimum absolute atomic E-state index is 0.0613. The van der Waals surface area contributed by atoms with E-state index in [1.54, 1.807) is 109 Å². The molecule has 0 fully saturated rings. The number of hydrogen-bond donors (Lipinski definition) is 1. The summed E-state index contributed by atoms with van der Waals surface area (Å²) < 4.78 is 51.4. The van der Waals surface area contributed by atoms with Crippen molar-refractivity contribution in [2.24, 2.45) is 0 Å². The van der Waals surface area contributed by atoms with Crippen molar-refractivity contribution >= 4 is 53.1 Å². The smallest absolute Gasteiger partial charge is 0.394 e. The summed E-state index contributed by atoms with van der Waals surface area (Å²) in [4.78, 5) is 13.0. The van der Waals surface area contributed by atoms with Crippen LogP contribution in [0.15, 0.2) is 117 Å². The van der Waals surface area contributed by atoms with E-state index in [9.17, 15) is 17.9 Å². The molecule has 0 saturated heterocycles. The molecule has 4 aromatic rings. The Kier molecular flexibility index (Phi) is 6.05. The van der Waals surface area contributed by atoms with E-state index in [1.165, 1.54) is 0 Å². The predicted molar refractivity (Wildman–Crippen MR) is 143 cm³/mol. The molecule has 2 atom stereocenters. The maximum atomic E-state index is 13.5. The molecular formula is C28H19O6PS2. The van der Waals surface area contributed by atoms with E-state index in [0.29, 0.717) is 41.8 Å². The Morgan fingerprint density at radius 2 is 0.892 bits per heavy atom. The summed E-state index contributed by atoms with van der Waals surface area (Å²) in [7, 11) is -7.80. The molecule has 6 nitrogen and oxygen atoms in total. The molecule has 0 aromatic heterocycles. The molecule has 0 amide bonds. The molecule has 2 unspecified atom stereocenters. The van der Waals surface area contributed by atoms with E-state index in [2.05, 4.69) is 0 Å². The van der Waals surface area contributed by atoms with Crippen LogP contribution in [0.25, 0.3) is 23.7 Å². The molecular weight excluding hydrogens is 527 g/mol. The van der Waals surface area contributed by atoms with Crippen LogP contribution in [0.1, 0.15) is 22.3 Å². The summed E-state index contributed by atoms with van der Waals surface area (Å²) in [6.45, 7) is 0. The molecule has 0 saturated carbocycles. The topological polar surface area (TPSA) is 89.9 Å². The summed E-state index contributed by atoms with van der Waals surface area (Å²) in [5.41, 5.74) is 2.07. The molecule has 9 heteroatoms. The molecule has 2 aliphatic rings. The highest BCUT2D eigenvalue weighted by Gasteiger charge is 2.33. The zero-order valence-electron chi connectivity index (χ0n) is 19.1. The van der Waals surface area contributed by atoms with E-state index in [-0.39, 0.29) is 11.5 Å². The van der Waals surface area contributed by atoms with Gasteiger partial charge in [0.25, 0.3) is 0 Å². The Bertz CT molecular complexity index is 1600. The van der Waals surface area contributed by atoms with Crippen molar-refractivity contribution in [1.29, 1.82) is 0 Å². The summed E-state index contributed by atoms with van der Waals surface area (Å²) in [5, 5.41) is 0. The average molecular weight is 547 g/mol. The van der Waals surface area contributed by atoms with E-state index < -0.39 is 29.4 Å². The van der Waals surface area contributed by atoms with Gasteiger partial charge in [0.1, 0.15) is 11.5 Å². The SMILES string of the molecule is O=S1c2ccccc2C=C(OP(=O)(O)OC2=Cc3ccccc3S(=O)c3ccccc32)c2ccccc21. The molecule has 0 spiro atoms. The molecule has 4 aromatic carbocycles. The van der Waals surface area contributed by atoms with Gasteiger partial charge in [-0.2, -0.15) is 0 Å². The van der Waals surface area contributed by atoms with Crippen molar-refractivity contribution in [3.8, 4) is 0 Å². The van der Waals surface area contributed by atoms with Crippen molar-refractivity contribution in [1.82, 2.24) is 0 Å². The fourth-order valence-corrected chi connectivity index (χ4v) is 7.83. The number of phosphoric ester groups is 1. The maximum absolute atomic E-state index is 13.5. The zero-order valence-corrected chi connectivity index (χ0v) is 21.7. The molecule has 2 aliphatic heterocycles. The van der Waals surface area contributed by atoms with Gasteiger partial charge in [0.15, 0.2) is 0 Å². The standard InChI is InChI=1S/C28H19O6PS2/c29-35(30,33-23-17-19-9-1-5-13-25(19)36(31)27-15-7-3-11-21(23)27)34-24-18-20-10-2-6-14-26(20)37(32)28-16-8-4-12-22(24)28/h1-18H,(H,29,30). The van der Waals surface area contributed by atoms with E-state index in [0.717, 1.165) is 0 Å². The number of rotatable bonds is 4. The highest BCUT2D eigenvalue weighted by molar-refractivity contribution is 7.85. The third-order valence-electron chi connectivity index (χ3n) is 5.94. The lowest BCUT2D eigenvalue weighted by Gasteiger charge is -2.19. The lowest BCUT2D eigenvalue weighted by molar-refractivity contribution is 0.264. The summed E-state index contributed by atoms with van der Waals surface area (Å²) in [5.74, 6) is 0.123. The molecule has 1 N–H and O–H groups in total. The minimum Gasteiger partial charge on any atom is -0.394 e. The van der Waals surface area contributed by atoms with Gasteiger partial charge in [-0.05, 0) is 47.5 Å². The molecule has 2 heterocycles.